The molecule has 1 saturated heterocycles. The molecule has 21 heavy (non-hydrogen) atoms. The molecule has 0 spiro atoms. The molecule has 0 saturated carbocycles. The molecule has 0 bridgehead atoms. The van der Waals surface area contributed by atoms with Gasteiger partial charge in [-0.2, -0.15) is 0 Å². The van der Waals surface area contributed by atoms with Crippen molar-refractivity contribution in [2.45, 2.75) is 25.3 Å². The van der Waals surface area contributed by atoms with E-state index < -0.39 is 21.7 Å². The fourth-order valence-electron chi connectivity index (χ4n) is 2.44. The number of halogens is 3. The first-order valence-electron chi connectivity index (χ1n) is 6.58. The minimum atomic E-state index is -3.34. The van der Waals surface area contributed by atoms with Gasteiger partial charge in [0.2, 0.25) is 10.0 Å². The highest BCUT2D eigenvalue weighted by molar-refractivity contribution is 7.89. The fraction of sp³-hybridized carbons (Fsp3) is 0.538. The molecule has 1 aliphatic rings. The Balaban J connectivity index is 0.00000220. The number of benzene rings is 1. The van der Waals surface area contributed by atoms with Gasteiger partial charge in [0.25, 0.3) is 0 Å². The maximum atomic E-state index is 13.3. The number of nitrogens with one attached hydrogen (secondary N) is 2. The highest BCUT2D eigenvalue weighted by Crippen LogP contribution is 2.27. The lowest BCUT2D eigenvalue weighted by atomic mass is 9.86. The lowest BCUT2D eigenvalue weighted by Gasteiger charge is -2.32. The lowest BCUT2D eigenvalue weighted by molar-refractivity contribution is 0.376. The Morgan fingerprint density at radius 2 is 2.05 bits per heavy atom. The van der Waals surface area contributed by atoms with Gasteiger partial charge >= 0.3 is 0 Å². The van der Waals surface area contributed by atoms with Gasteiger partial charge in [-0.15, -0.1) is 12.4 Å². The van der Waals surface area contributed by atoms with Crippen LogP contribution in [-0.2, 0) is 10.0 Å². The molecule has 0 amide bonds. The molecule has 1 aromatic rings. The summed E-state index contributed by atoms with van der Waals surface area (Å²) in [6, 6.07) is 3.40. The Morgan fingerprint density at radius 1 is 1.33 bits per heavy atom. The van der Waals surface area contributed by atoms with Gasteiger partial charge in [0.15, 0.2) is 11.6 Å². The van der Waals surface area contributed by atoms with Gasteiger partial charge in [-0.1, -0.05) is 6.07 Å². The summed E-state index contributed by atoms with van der Waals surface area (Å²) in [6.07, 6.45) is 0.669. The molecule has 1 aromatic carbocycles. The zero-order valence-electron chi connectivity index (χ0n) is 11.6. The van der Waals surface area contributed by atoms with Crippen LogP contribution in [0.3, 0.4) is 0 Å². The third-order valence-corrected chi connectivity index (χ3v) is 4.99. The number of hydrogen-bond donors (Lipinski definition) is 2. The van der Waals surface area contributed by atoms with Crippen LogP contribution in [0.4, 0.5) is 8.78 Å². The Bertz CT molecular complexity index is 584. The predicted molar refractivity (Wildman–Crippen MR) is 80.2 cm³/mol. The number of rotatable bonds is 4. The molecule has 0 aromatic heterocycles. The monoisotopic (exact) mass is 340 g/mol. The van der Waals surface area contributed by atoms with Crippen LogP contribution in [0.5, 0.6) is 0 Å². The largest absolute Gasteiger partial charge is 0.315 e. The Morgan fingerprint density at radius 3 is 2.67 bits per heavy atom. The third kappa shape index (κ3) is 4.60. The molecule has 0 aliphatic carbocycles. The molecule has 2 atom stereocenters. The summed E-state index contributed by atoms with van der Waals surface area (Å²) in [4.78, 5) is 0. The van der Waals surface area contributed by atoms with Crippen molar-refractivity contribution < 1.29 is 17.2 Å². The zero-order valence-corrected chi connectivity index (χ0v) is 13.2. The lowest BCUT2D eigenvalue weighted by Crippen LogP contribution is -2.50. The van der Waals surface area contributed by atoms with Crippen molar-refractivity contribution in [1.29, 1.82) is 0 Å². The molecule has 2 unspecified atom stereocenters. The van der Waals surface area contributed by atoms with Crippen molar-refractivity contribution in [2.75, 3.05) is 18.8 Å². The van der Waals surface area contributed by atoms with E-state index in [1.165, 1.54) is 6.07 Å². The topological polar surface area (TPSA) is 58.2 Å². The van der Waals surface area contributed by atoms with Crippen LogP contribution >= 0.6 is 12.4 Å². The van der Waals surface area contributed by atoms with Crippen molar-refractivity contribution >= 4 is 22.4 Å². The number of sulfonamides is 1. The molecule has 4 nitrogen and oxygen atoms in total. The average molecular weight is 341 g/mol. The predicted octanol–water partition coefficient (Wildman–Crippen LogP) is 1.77. The van der Waals surface area contributed by atoms with E-state index in [0.717, 1.165) is 12.1 Å². The van der Waals surface area contributed by atoms with Gasteiger partial charge in [-0.25, -0.2) is 21.9 Å². The first-order valence-corrected chi connectivity index (χ1v) is 8.24. The summed E-state index contributed by atoms with van der Waals surface area (Å²) >= 11 is 0. The van der Waals surface area contributed by atoms with Crippen LogP contribution in [0.15, 0.2) is 18.2 Å². The Labute approximate surface area is 129 Å². The van der Waals surface area contributed by atoms with Crippen LogP contribution in [0, 0.1) is 11.6 Å². The second-order valence-electron chi connectivity index (χ2n) is 4.90. The van der Waals surface area contributed by atoms with E-state index in [-0.39, 0.29) is 30.1 Å². The highest BCUT2D eigenvalue weighted by Gasteiger charge is 2.29. The summed E-state index contributed by atoms with van der Waals surface area (Å²) in [5.74, 6) is -1.97. The average Bonchev–Trinajstić information content (AvgIpc) is 2.42. The Kier molecular flexibility index (Phi) is 6.52. The summed E-state index contributed by atoms with van der Waals surface area (Å²) in [5, 5.41) is 3.11. The van der Waals surface area contributed by atoms with Gasteiger partial charge in [0.1, 0.15) is 0 Å². The summed E-state index contributed by atoms with van der Waals surface area (Å²) in [7, 11) is -3.34. The normalized spacial score (nSPS) is 22.6. The zero-order chi connectivity index (χ0) is 14.8. The molecule has 1 aliphatic heterocycles. The van der Waals surface area contributed by atoms with Gasteiger partial charge in [0.05, 0.1) is 5.75 Å². The van der Waals surface area contributed by atoms with Gasteiger partial charge in [0, 0.05) is 18.5 Å². The SMILES string of the molecule is CCS(=O)(=O)NC1CNCCC1c1ccc(F)c(F)c1.Cl. The molecule has 120 valence electrons. The third-order valence-electron chi connectivity index (χ3n) is 3.56. The van der Waals surface area contributed by atoms with E-state index in [2.05, 4.69) is 10.0 Å². The molecule has 1 heterocycles. The molecule has 2 N–H and O–H groups in total. The second kappa shape index (κ2) is 7.49. The van der Waals surface area contributed by atoms with Crippen LogP contribution in [0.2, 0.25) is 0 Å². The maximum Gasteiger partial charge on any atom is 0.211 e. The smallest absolute Gasteiger partial charge is 0.211 e. The van der Waals surface area contributed by atoms with E-state index in [0.29, 0.717) is 25.1 Å². The molecule has 0 radical (unpaired) electrons. The fourth-order valence-corrected chi connectivity index (χ4v) is 3.31. The molecular formula is C13H19ClF2N2O2S. The van der Waals surface area contributed by atoms with Crippen molar-refractivity contribution in [1.82, 2.24) is 10.0 Å². The van der Waals surface area contributed by atoms with Gasteiger partial charge < -0.3 is 5.32 Å². The van der Waals surface area contributed by atoms with Crippen molar-refractivity contribution in [3.05, 3.63) is 35.4 Å². The second-order valence-corrected chi connectivity index (χ2v) is 6.94. The van der Waals surface area contributed by atoms with Crippen LogP contribution in [0.1, 0.15) is 24.8 Å². The van der Waals surface area contributed by atoms with E-state index >= 15 is 0 Å². The summed E-state index contributed by atoms with van der Waals surface area (Å²) in [6.45, 7) is 2.75. The minimum Gasteiger partial charge on any atom is -0.315 e. The van der Waals surface area contributed by atoms with Crippen LogP contribution in [-0.4, -0.2) is 33.3 Å². The van der Waals surface area contributed by atoms with Crippen molar-refractivity contribution in [3.63, 3.8) is 0 Å². The van der Waals surface area contributed by atoms with Crippen molar-refractivity contribution in [3.8, 4) is 0 Å². The Hall–Kier alpha value is -0.760. The molecule has 2 rings (SSSR count). The minimum absolute atomic E-state index is 0. The quantitative estimate of drug-likeness (QED) is 0.878. The summed E-state index contributed by atoms with van der Waals surface area (Å²) < 4.78 is 52.3. The van der Waals surface area contributed by atoms with Gasteiger partial charge in [-0.05, 0) is 37.6 Å². The van der Waals surface area contributed by atoms with E-state index in [4.69, 9.17) is 0 Å². The first-order chi connectivity index (χ1) is 9.43. The maximum absolute atomic E-state index is 13.3. The summed E-state index contributed by atoms with van der Waals surface area (Å²) in [5.41, 5.74) is 0.620. The molecule has 8 heteroatoms. The molecule has 1 fully saturated rings. The first kappa shape index (κ1) is 18.3. The van der Waals surface area contributed by atoms with Crippen LogP contribution < -0.4 is 10.0 Å². The number of hydrogen-bond acceptors (Lipinski definition) is 3. The van der Waals surface area contributed by atoms with E-state index in [9.17, 15) is 17.2 Å². The number of piperidine rings is 1. The molecular weight excluding hydrogens is 322 g/mol. The van der Waals surface area contributed by atoms with Gasteiger partial charge in [-0.3, -0.25) is 0 Å². The highest BCUT2D eigenvalue weighted by atomic mass is 35.5. The van der Waals surface area contributed by atoms with Crippen molar-refractivity contribution in [2.24, 2.45) is 0 Å². The standard InChI is InChI=1S/C13H18F2N2O2S.ClH/c1-2-20(18,19)17-13-8-16-6-5-10(13)9-3-4-11(14)12(15)7-9;/h3-4,7,10,13,16-17H,2,5-6,8H2,1H3;1H. The van der Waals surface area contributed by atoms with E-state index in [1.54, 1.807) is 6.92 Å². The van der Waals surface area contributed by atoms with Crippen LogP contribution in [0.25, 0.3) is 0 Å². The van der Waals surface area contributed by atoms with E-state index in [1.807, 2.05) is 0 Å².